The minimum atomic E-state index is -5.14. The van der Waals surface area contributed by atoms with E-state index in [1.165, 1.54) is 0 Å². The molecule has 6 unspecified atom stereocenters. The number of esters is 2. The van der Waals surface area contributed by atoms with Gasteiger partial charge in [0.25, 0.3) is 10.1 Å². The van der Waals surface area contributed by atoms with Gasteiger partial charge in [0, 0.05) is 5.92 Å². The predicted octanol–water partition coefficient (Wildman–Crippen LogP) is 0.546. The molecule has 0 spiro atoms. The van der Waals surface area contributed by atoms with Gasteiger partial charge in [0.15, 0.2) is 0 Å². The summed E-state index contributed by atoms with van der Waals surface area (Å²) >= 11 is 0. The van der Waals surface area contributed by atoms with Gasteiger partial charge in [0.05, 0.1) is 11.8 Å². The Morgan fingerprint density at radius 2 is 2.04 bits per heavy atom. The lowest BCUT2D eigenvalue weighted by Gasteiger charge is -2.26. The van der Waals surface area contributed by atoms with Gasteiger partial charge in [0.1, 0.15) is 11.9 Å². The molecule has 0 aromatic rings. The third-order valence-corrected chi connectivity index (χ3v) is 5.47. The number of fused-ring (bicyclic) bond motifs is 1. The van der Waals surface area contributed by atoms with Crippen molar-refractivity contribution in [3.8, 4) is 0 Å². The van der Waals surface area contributed by atoms with Gasteiger partial charge in [-0.15, -0.1) is 0 Å². The van der Waals surface area contributed by atoms with Crippen LogP contribution in [0.4, 0.5) is 13.2 Å². The molecular formula is C12H13F3O7S. The quantitative estimate of drug-likeness (QED) is 0.577. The summed E-state index contributed by atoms with van der Waals surface area (Å²) in [6.07, 6.45) is -8.06. The van der Waals surface area contributed by atoms with Crippen molar-refractivity contribution in [1.82, 2.24) is 0 Å². The number of halogens is 3. The Hall–Kier alpha value is -1.36. The fourth-order valence-electron chi connectivity index (χ4n) is 3.89. The summed E-state index contributed by atoms with van der Waals surface area (Å²) in [7, 11) is -4.99. The zero-order valence-corrected chi connectivity index (χ0v) is 12.3. The number of hydrogen-bond donors (Lipinski definition) is 1. The van der Waals surface area contributed by atoms with E-state index >= 15 is 0 Å². The zero-order chi connectivity index (χ0) is 17.2. The molecule has 0 amide bonds. The Morgan fingerprint density at radius 3 is 2.61 bits per heavy atom. The molecule has 1 saturated heterocycles. The van der Waals surface area contributed by atoms with Crippen molar-refractivity contribution in [2.75, 3.05) is 5.75 Å². The summed E-state index contributed by atoms with van der Waals surface area (Å²) in [6.45, 7) is 0. The SMILES string of the molecule is O=C1OC2C3CC(CC13)C2C(=O)OC(CS(=O)(=O)O)C(F)(F)F. The van der Waals surface area contributed by atoms with E-state index in [1.54, 1.807) is 0 Å². The molecule has 0 radical (unpaired) electrons. The molecule has 0 aromatic carbocycles. The number of carbonyl (C=O) groups excluding carboxylic acids is 2. The van der Waals surface area contributed by atoms with Crippen LogP contribution in [0.2, 0.25) is 0 Å². The molecule has 2 saturated carbocycles. The third-order valence-electron chi connectivity index (χ3n) is 4.74. The molecule has 0 aromatic heterocycles. The number of ether oxygens (including phenoxy) is 2. The number of carbonyl (C=O) groups is 2. The summed E-state index contributed by atoms with van der Waals surface area (Å²) in [6, 6.07) is 0. The molecule has 130 valence electrons. The van der Waals surface area contributed by atoms with Crippen LogP contribution in [0.1, 0.15) is 12.8 Å². The van der Waals surface area contributed by atoms with E-state index in [0.29, 0.717) is 12.8 Å². The fourth-order valence-corrected chi connectivity index (χ4v) is 4.53. The monoisotopic (exact) mass is 358 g/mol. The van der Waals surface area contributed by atoms with E-state index in [-0.39, 0.29) is 17.8 Å². The number of hydrogen-bond acceptors (Lipinski definition) is 6. The first kappa shape index (κ1) is 16.5. The molecule has 1 N–H and O–H groups in total. The lowest BCUT2D eigenvalue weighted by atomic mass is 9.82. The summed E-state index contributed by atoms with van der Waals surface area (Å²) in [5.41, 5.74) is 0. The van der Waals surface area contributed by atoms with E-state index in [4.69, 9.17) is 9.29 Å². The predicted molar refractivity (Wildman–Crippen MR) is 65.4 cm³/mol. The zero-order valence-electron chi connectivity index (χ0n) is 11.5. The molecule has 23 heavy (non-hydrogen) atoms. The maximum atomic E-state index is 12.8. The summed E-state index contributed by atoms with van der Waals surface area (Å²) < 4.78 is 77.7. The van der Waals surface area contributed by atoms with Crippen LogP contribution in [-0.2, 0) is 29.2 Å². The number of rotatable bonds is 4. The fraction of sp³-hybridized carbons (Fsp3) is 0.833. The largest absolute Gasteiger partial charge is 0.461 e. The van der Waals surface area contributed by atoms with Crippen molar-refractivity contribution < 1.29 is 45.2 Å². The summed E-state index contributed by atoms with van der Waals surface area (Å²) in [5, 5.41) is 0. The van der Waals surface area contributed by atoms with Gasteiger partial charge in [-0.2, -0.15) is 21.6 Å². The standard InChI is InChI=1S/C12H13F3O7S/c13-12(14,15)7(3-23(18,19)20)21-11(17)8-4-1-5-6(2-4)10(16)22-9(5)8/h4-9H,1-3H2,(H,18,19,20). The molecule has 7 nitrogen and oxygen atoms in total. The van der Waals surface area contributed by atoms with E-state index in [0.717, 1.165) is 0 Å². The van der Waals surface area contributed by atoms with Crippen molar-refractivity contribution in [3.05, 3.63) is 0 Å². The van der Waals surface area contributed by atoms with Gasteiger partial charge in [-0.05, 0) is 18.8 Å². The molecule has 1 aliphatic heterocycles. The van der Waals surface area contributed by atoms with Crippen molar-refractivity contribution in [2.45, 2.75) is 31.2 Å². The molecule has 3 aliphatic rings. The van der Waals surface area contributed by atoms with Gasteiger partial charge in [-0.1, -0.05) is 0 Å². The van der Waals surface area contributed by atoms with Gasteiger partial charge in [-0.3, -0.25) is 14.1 Å². The van der Waals surface area contributed by atoms with Crippen LogP contribution in [0.5, 0.6) is 0 Å². The second-order valence-electron chi connectivity index (χ2n) is 6.14. The van der Waals surface area contributed by atoms with Crippen LogP contribution in [0.25, 0.3) is 0 Å². The Balaban J connectivity index is 1.74. The molecule has 3 rings (SSSR count). The third kappa shape index (κ3) is 2.91. The van der Waals surface area contributed by atoms with Crippen LogP contribution in [-0.4, -0.2) is 49.0 Å². The highest BCUT2D eigenvalue weighted by Crippen LogP contribution is 2.57. The molecule has 6 atom stereocenters. The minimum absolute atomic E-state index is 0.198. The highest BCUT2D eigenvalue weighted by Gasteiger charge is 2.64. The molecule has 2 bridgehead atoms. The van der Waals surface area contributed by atoms with Crippen LogP contribution < -0.4 is 0 Å². The van der Waals surface area contributed by atoms with Crippen molar-refractivity contribution in [3.63, 3.8) is 0 Å². The summed E-state index contributed by atoms with van der Waals surface area (Å²) in [4.78, 5) is 23.6. The maximum absolute atomic E-state index is 12.8. The van der Waals surface area contributed by atoms with Gasteiger partial charge in [-0.25, -0.2) is 0 Å². The topological polar surface area (TPSA) is 107 Å². The second kappa shape index (κ2) is 5.07. The van der Waals surface area contributed by atoms with E-state index in [9.17, 15) is 31.2 Å². The summed E-state index contributed by atoms with van der Waals surface area (Å²) in [5.74, 6) is -5.32. The Labute approximate surface area is 128 Å². The average molecular weight is 358 g/mol. The molecular weight excluding hydrogens is 345 g/mol. The molecule has 2 aliphatic carbocycles. The van der Waals surface area contributed by atoms with Crippen LogP contribution in [0.15, 0.2) is 0 Å². The van der Waals surface area contributed by atoms with Crippen molar-refractivity contribution in [1.29, 1.82) is 0 Å². The van der Waals surface area contributed by atoms with E-state index in [2.05, 4.69) is 4.74 Å². The molecule has 1 heterocycles. The molecule has 3 fully saturated rings. The van der Waals surface area contributed by atoms with Gasteiger partial charge in [0.2, 0.25) is 6.10 Å². The Morgan fingerprint density at radius 1 is 1.39 bits per heavy atom. The lowest BCUT2D eigenvalue weighted by Crippen LogP contribution is -2.43. The van der Waals surface area contributed by atoms with Gasteiger partial charge < -0.3 is 9.47 Å². The van der Waals surface area contributed by atoms with Gasteiger partial charge >= 0.3 is 18.1 Å². The lowest BCUT2D eigenvalue weighted by molar-refractivity contribution is -0.219. The van der Waals surface area contributed by atoms with Crippen molar-refractivity contribution in [2.24, 2.45) is 23.7 Å². The number of alkyl halides is 3. The maximum Gasteiger partial charge on any atom is 0.426 e. The van der Waals surface area contributed by atoms with Crippen molar-refractivity contribution >= 4 is 22.1 Å². The minimum Gasteiger partial charge on any atom is -0.461 e. The first-order valence-electron chi connectivity index (χ1n) is 6.90. The smallest absolute Gasteiger partial charge is 0.426 e. The first-order chi connectivity index (χ1) is 10.5. The van der Waals surface area contributed by atoms with E-state index < -0.39 is 52.1 Å². The van der Waals surface area contributed by atoms with E-state index in [1.807, 2.05) is 0 Å². The normalized spacial score (nSPS) is 36.9. The average Bonchev–Trinajstić information content (AvgIpc) is 2.96. The Kier molecular flexibility index (Phi) is 3.63. The first-order valence-corrected chi connectivity index (χ1v) is 8.51. The molecule has 11 heteroatoms. The second-order valence-corrected chi connectivity index (χ2v) is 7.64. The van der Waals surface area contributed by atoms with Crippen LogP contribution in [0.3, 0.4) is 0 Å². The highest BCUT2D eigenvalue weighted by atomic mass is 32.2. The Bertz CT molecular complexity index is 644. The highest BCUT2D eigenvalue weighted by molar-refractivity contribution is 7.85. The van der Waals surface area contributed by atoms with Crippen LogP contribution >= 0.6 is 0 Å². The van der Waals surface area contributed by atoms with Crippen LogP contribution in [0, 0.1) is 23.7 Å².